The Hall–Kier alpha value is -4.40. The summed E-state index contributed by atoms with van der Waals surface area (Å²) in [7, 11) is 1.31. The number of para-hydroxylation sites is 1. The molecule has 0 saturated heterocycles. The van der Waals surface area contributed by atoms with Gasteiger partial charge in [0.1, 0.15) is 5.69 Å². The molecule has 4 rings (SSSR count). The number of aromatic nitrogens is 4. The summed E-state index contributed by atoms with van der Waals surface area (Å²) in [5.74, 6) is -0.0487. The van der Waals surface area contributed by atoms with E-state index in [1.807, 2.05) is 18.2 Å². The summed E-state index contributed by atoms with van der Waals surface area (Å²) in [5.41, 5.74) is 2.70. The molecule has 154 valence electrons. The highest BCUT2D eigenvalue weighted by Crippen LogP contribution is 2.21. The normalized spacial score (nSPS) is 10.5. The van der Waals surface area contributed by atoms with Crippen LogP contribution in [0.25, 0.3) is 11.5 Å². The number of ether oxygens (including phenoxy) is 1. The lowest BCUT2D eigenvalue weighted by molar-refractivity contribution is 0.0600. The van der Waals surface area contributed by atoms with E-state index in [0.29, 0.717) is 40.6 Å². The van der Waals surface area contributed by atoms with E-state index in [4.69, 9.17) is 4.52 Å². The topological polar surface area (TPSA) is 120 Å². The Kier molecular flexibility index (Phi) is 5.75. The van der Waals surface area contributed by atoms with E-state index in [0.717, 1.165) is 5.56 Å². The van der Waals surface area contributed by atoms with Crippen LogP contribution >= 0.6 is 0 Å². The molecular formula is C22H17N5O4. The Balaban J connectivity index is 1.49. The number of amides is 1. The molecule has 1 amide bonds. The van der Waals surface area contributed by atoms with Gasteiger partial charge in [-0.2, -0.15) is 4.98 Å². The summed E-state index contributed by atoms with van der Waals surface area (Å²) in [6, 6.07) is 13.5. The van der Waals surface area contributed by atoms with E-state index in [-0.39, 0.29) is 5.91 Å². The van der Waals surface area contributed by atoms with Gasteiger partial charge in [0.25, 0.3) is 5.91 Å². The Labute approximate surface area is 177 Å². The molecule has 9 heteroatoms. The van der Waals surface area contributed by atoms with Crippen molar-refractivity contribution in [3.8, 4) is 11.5 Å². The number of hydrogen-bond donors (Lipinski definition) is 1. The molecule has 0 radical (unpaired) electrons. The maximum absolute atomic E-state index is 12.7. The average Bonchev–Trinajstić information content (AvgIpc) is 3.29. The van der Waals surface area contributed by atoms with Crippen molar-refractivity contribution in [3.63, 3.8) is 0 Å². The number of nitrogens with zero attached hydrogens (tertiary/aromatic N) is 4. The second-order valence-electron chi connectivity index (χ2n) is 6.46. The van der Waals surface area contributed by atoms with Gasteiger partial charge in [0.05, 0.1) is 25.3 Å². The quantitative estimate of drug-likeness (QED) is 0.477. The highest BCUT2D eigenvalue weighted by molar-refractivity contribution is 6.05. The van der Waals surface area contributed by atoms with Gasteiger partial charge in [-0.1, -0.05) is 23.4 Å². The SMILES string of the molecule is COC(=O)c1ccc(C(=O)Nc2ccccc2Cc2nc(-c3cnccn3)no2)cc1. The molecule has 0 aliphatic heterocycles. The molecule has 0 spiro atoms. The number of rotatable bonds is 6. The van der Waals surface area contributed by atoms with Crippen LogP contribution in [0.4, 0.5) is 5.69 Å². The molecule has 0 aliphatic carbocycles. The highest BCUT2D eigenvalue weighted by Gasteiger charge is 2.14. The number of anilines is 1. The average molecular weight is 415 g/mol. The van der Waals surface area contributed by atoms with Crippen molar-refractivity contribution in [2.45, 2.75) is 6.42 Å². The Morgan fingerprint density at radius 1 is 1.03 bits per heavy atom. The van der Waals surface area contributed by atoms with E-state index in [1.54, 1.807) is 48.9 Å². The van der Waals surface area contributed by atoms with Crippen LogP contribution in [0.5, 0.6) is 0 Å². The zero-order chi connectivity index (χ0) is 21.6. The highest BCUT2D eigenvalue weighted by atomic mass is 16.5. The predicted octanol–water partition coefficient (Wildman–Crippen LogP) is 3.16. The van der Waals surface area contributed by atoms with Gasteiger partial charge in [-0.3, -0.25) is 9.78 Å². The van der Waals surface area contributed by atoms with Gasteiger partial charge >= 0.3 is 5.97 Å². The number of benzene rings is 2. The first kappa shape index (κ1) is 19.9. The standard InChI is InChI=1S/C22H17N5O4/c1-30-22(29)15-8-6-14(7-9-15)21(28)25-17-5-3-2-4-16(17)12-19-26-20(27-31-19)18-13-23-10-11-24-18/h2-11,13H,12H2,1H3,(H,25,28). The summed E-state index contributed by atoms with van der Waals surface area (Å²) in [6.45, 7) is 0. The fraction of sp³-hybridized carbons (Fsp3) is 0.0909. The molecule has 2 heterocycles. The van der Waals surface area contributed by atoms with Crippen molar-refractivity contribution in [1.29, 1.82) is 0 Å². The fourth-order valence-corrected chi connectivity index (χ4v) is 2.87. The number of esters is 1. The van der Waals surface area contributed by atoms with Crippen LogP contribution in [0, 0.1) is 0 Å². The van der Waals surface area contributed by atoms with Crippen LogP contribution in [0.3, 0.4) is 0 Å². The van der Waals surface area contributed by atoms with E-state index in [1.165, 1.54) is 7.11 Å². The zero-order valence-corrected chi connectivity index (χ0v) is 16.5. The second-order valence-corrected chi connectivity index (χ2v) is 6.46. The van der Waals surface area contributed by atoms with E-state index in [9.17, 15) is 9.59 Å². The fourth-order valence-electron chi connectivity index (χ4n) is 2.87. The van der Waals surface area contributed by atoms with E-state index >= 15 is 0 Å². The lowest BCUT2D eigenvalue weighted by Gasteiger charge is -2.10. The minimum Gasteiger partial charge on any atom is -0.465 e. The molecule has 0 fully saturated rings. The lowest BCUT2D eigenvalue weighted by atomic mass is 10.1. The van der Waals surface area contributed by atoms with Gasteiger partial charge in [-0.05, 0) is 35.9 Å². The molecule has 2 aromatic carbocycles. The van der Waals surface area contributed by atoms with Gasteiger partial charge in [0.2, 0.25) is 11.7 Å². The zero-order valence-electron chi connectivity index (χ0n) is 16.5. The minimum absolute atomic E-state index is 0.311. The van der Waals surface area contributed by atoms with Crippen LogP contribution in [0.1, 0.15) is 32.2 Å². The maximum Gasteiger partial charge on any atom is 0.337 e. The molecule has 0 unspecified atom stereocenters. The molecule has 1 N–H and O–H groups in total. The number of carbonyl (C=O) groups excluding carboxylic acids is 2. The first-order chi connectivity index (χ1) is 15.1. The molecule has 9 nitrogen and oxygen atoms in total. The monoisotopic (exact) mass is 415 g/mol. The predicted molar refractivity (Wildman–Crippen MR) is 110 cm³/mol. The van der Waals surface area contributed by atoms with Crippen LogP contribution in [0.2, 0.25) is 0 Å². The van der Waals surface area contributed by atoms with Gasteiger partial charge in [0, 0.05) is 23.6 Å². The van der Waals surface area contributed by atoms with Gasteiger partial charge < -0.3 is 14.6 Å². The summed E-state index contributed by atoms with van der Waals surface area (Å²) >= 11 is 0. The summed E-state index contributed by atoms with van der Waals surface area (Å²) in [5, 5.41) is 6.82. The third-order valence-electron chi connectivity index (χ3n) is 4.44. The Morgan fingerprint density at radius 3 is 2.55 bits per heavy atom. The van der Waals surface area contributed by atoms with E-state index < -0.39 is 5.97 Å². The molecule has 2 aromatic heterocycles. The van der Waals surface area contributed by atoms with Crippen molar-refractivity contribution in [2.24, 2.45) is 0 Å². The smallest absolute Gasteiger partial charge is 0.337 e. The van der Waals surface area contributed by atoms with E-state index in [2.05, 4.69) is 30.2 Å². The molecule has 0 saturated carbocycles. The molecule has 0 aliphatic rings. The number of carbonyl (C=O) groups is 2. The maximum atomic E-state index is 12.7. The van der Waals surface area contributed by atoms with Crippen molar-refractivity contribution in [3.05, 3.63) is 89.7 Å². The molecule has 4 aromatic rings. The lowest BCUT2D eigenvalue weighted by Crippen LogP contribution is -2.14. The van der Waals surface area contributed by atoms with Crippen LogP contribution in [-0.4, -0.2) is 39.1 Å². The number of methoxy groups -OCH3 is 1. The van der Waals surface area contributed by atoms with Gasteiger partial charge in [-0.15, -0.1) is 0 Å². The third-order valence-corrected chi connectivity index (χ3v) is 4.44. The summed E-state index contributed by atoms with van der Waals surface area (Å²) in [6.07, 6.45) is 4.99. The number of nitrogens with one attached hydrogen (secondary N) is 1. The number of hydrogen-bond acceptors (Lipinski definition) is 8. The second kappa shape index (κ2) is 8.95. The van der Waals surface area contributed by atoms with Gasteiger partial charge in [0.15, 0.2) is 0 Å². The van der Waals surface area contributed by atoms with Crippen molar-refractivity contribution >= 4 is 17.6 Å². The first-order valence-corrected chi connectivity index (χ1v) is 9.30. The van der Waals surface area contributed by atoms with Crippen molar-refractivity contribution in [1.82, 2.24) is 20.1 Å². The molecule has 31 heavy (non-hydrogen) atoms. The Morgan fingerprint density at radius 2 is 1.81 bits per heavy atom. The van der Waals surface area contributed by atoms with Crippen molar-refractivity contribution < 1.29 is 18.8 Å². The van der Waals surface area contributed by atoms with Crippen LogP contribution in [0.15, 0.2) is 71.6 Å². The van der Waals surface area contributed by atoms with Crippen molar-refractivity contribution in [2.75, 3.05) is 12.4 Å². The third kappa shape index (κ3) is 4.61. The largest absolute Gasteiger partial charge is 0.465 e. The molecule has 0 bridgehead atoms. The molecular weight excluding hydrogens is 398 g/mol. The minimum atomic E-state index is -0.460. The summed E-state index contributed by atoms with van der Waals surface area (Å²) < 4.78 is 10.00. The Bertz CT molecular complexity index is 1210. The summed E-state index contributed by atoms with van der Waals surface area (Å²) in [4.78, 5) is 36.7. The van der Waals surface area contributed by atoms with Crippen LogP contribution < -0.4 is 5.32 Å². The molecule has 0 atom stereocenters. The first-order valence-electron chi connectivity index (χ1n) is 9.30. The van der Waals surface area contributed by atoms with Gasteiger partial charge in [-0.25, -0.2) is 9.78 Å². The van der Waals surface area contributed by atoms with Crippen LogP contribution in [-0.2, 0) is 11.2 Å².